The second kappa shape index (κ2) is 13.1. The number of hydrogen-bond acceptors (Lipinski definition) is 7. The third-order valence-electron chi connectivity index (χ3n) is 6.54. The molecule has 2 heterocycles. The van der Waals surface area contributed by atoms with Crippen LogP contribution in [0.15, 0.2) is 66.1 Å². The minimum Gasteiger partial charge on any atom is -0.481 e. The fourth-order valence-electron chi connectivity index (χ4n) is 4.30. The molecule has 0 unspecified atom stereocenters. The normalized spacial score (nSPS) is 21.2. The number of thioether (sulfide) groups is 1. The molecule has 1 saturated heterocycles. The van der Waals surface area contributed by atoms with Crippen LogP contribution < -0.4 is 5.32 Å². The Balaban J connectivity index is 1.48. The van der Waals surface area contributed by atoms with Crippen molar-refractivity contribution in [3.63, 3.8) is 0 Å². The molecule has 3 aromatic rings. The summed E-state index contributed by atoms with van der Waals surface area (Å²) in [7, 11) is 1.96. The number of hydrogen-bond donors (Lipinski definition) is 3. The highest BCUT2D eigenvalue weighted by Gasteiger charge is 2.38. The van der Waals surface area contributed by atoms with E-state index >= 15 is 0 Å². The van der Waals surface area contributed by atoms with E-state index in [2.05, 4.69) is 17.2 Å². The molecule has 202 valence electrons. The molecule has 2 aromatic carbocycles. The van der Waals surface area contributed by atoms with Gasteiger partial charge in [0.25, 0.3) is 0 Å². The van der Waals surface area contributed by atoms with Crippen molar-refractivity contribution in [2.45, 2.75) is 56.4 Å². The van der Waals surface area contributed by atoms with Gasteiger partial charge in [-0.25, -0.2) is 4.98 Å². The van der Waals surface area contributed by atoms with Crippen LogP contribution in [0.5, 0.6) is 0 Å². The number of carbonyl (C=O) groups excluding carboxylic acids is 1. The number of nitrogens with one attached hydrogen (secondary N) is 1. The van der Waals surface area contributed by atoms with Crippen molar-refractivity contribution in [1.82, 2.24) is 9.55 Å². The number of amides is 1. The first-order valence-electron chi connectivity index (χ1n) is 12.6. The lowest BCUT2D eigenvalue weighted by molar-refractivity contribution is -0.268. The average molecular weight is 540 g/mol. The summed E-state index contributed by atoms with van der Waals surface area (Å²) in [4.78, 5) is 27.2. The van der Waals surface area contributed by atoms with Gasteiger partial charge in [-0.1, -0.05) is 55.1 Å². The number of carbonyl (C=O) groups is 2. The molecule has 1 aliphatic rings. The fraction of sp³-hybridized carbons (Fsp3) is 0.393. The lowest BCUT2D eigenvalue weighted by Gasteiger charge is -2.41. The third-order valence-corrected chi connectivity index (χ3v) is 7.68. The van der Waals surface area contributed by atoms with E-state index in [1.54, 1.807) is 30.1 Å². The van der Waals surface area contributed by atoms with Crippen molar-refractivity contribution in [1.29, 1.82) is 0 Å². The molecule has 1 aliphatic heterocycles. The average Bonchev–Trinajstić information content (AvgIpc) is 3.33. The summed E-state index contributed by atoms with van der Waals surface area (Å²) in [6, 6.07) is 15.1. The standard InChI is InChI=1S/C28H33N3O6S/c1-18-23(17-38-28-29-14-15-31(28)2)36-27(37-26(18)20-8-6-19(16-32)7-9-20)21-10-12-22(13-11-21)30-24(33)4-3-5-25(34)35/h6-15,18,23,26-27,32H,3-5,16-17H2,1-2H3,(H,30,33)(H,34,35)/t18-,23+,26+,27+/m0/s1. The van der Waals surface area contributed by atoms with E-state index in [-0.39, 0.29) is 43.5 Å². The molecule has 4 atom stereocenters. The summed E-state index contributed by atoms with van der Waals surface area (Å²) in [6.45, 7) is 2.10. The van der Waals surface area contributed by atoms with Crippen molar-refractivity contribution in [3.05, 3.63) is 77.6 Å². The number of anilines is 1. The molecule has 1 amide bonds. The van der Waals surface area contributed by atoms with Gasteiger partial charge >= 0.3 is 5.97 Å². The van der Waals surface area contributed by atoms with Crippen LogP contribution in [0.2, 0.25) is 0 Å². The Morgan fingerprint density at radius 3 is 2.39 bits per heavy atom. The SMILES string of the molecule is C[C@H]1[C@@H](CSc2nccn2C)O[C@@H](c2ccc(NC(=O)CCCC(=O)O)cc2)O[C@H]1c1ccc(CO)cc1. The van der Waals surface area contributed by atoms with Crippen molar-refractivity contribution < 1.29 is 29.3 Å². The maximum absolute atomic E-state index is 12.1. The Morgan fingerprint density at radius 1 is 1.05 bits per heavy atom. The summed E-state index contributed by atoms with van der Waals surface area (Å²) in [5.74, 6) is -0.385. The Morgan fingerprint density at radius 2 is 1.76 bits per heavy atom. The van der Waals surface area contributed by atoms with E-state index < -0.39 is 12.3 Å². The van der Waals surface area contributed by atoms with E-state index in [1.807, 2.05) is 54.2 Å². The van der Waals surface area contributed by atoms with Gasteiger partial charge in [-0.3, -0.25) is 9.59 Å². The van der Waals surface area contributed by atoms with Crippen LogP contribution in [-0.2, 0) is 32.7 Å². The minimum atomic E-state index is -0.914. The second-order valence-electron chi connectivity index (χ2n) is 9.37. The van der Waals surface area contributed by atoms with Crippen LogP contribution in [-0.4, -0.2) is 43.5 Å². The number of ether oxygens (including phenoxy) is 2. The van der Waals surface area contributed by atoms with E-state index in [0.29, 0.717) is 17.9 Å². The maximum Gasteiger partial charge on any atom is 0.303 e. The lowest BCUT2D eigenvalue weighted by atomic mass is 9.91. The molecule has 9 nitrogen and oxygen atoms in total. The van der Waals surface area contributed by atoms with Crippen LogP contribution in [0, 0.1) is 5.92 Å². The van der Waals surface area contributed by atoms with Gasteiger partial charge in [-0.15, -0.1) is 0 Å². The van der Waals surface area contributed by atoms with Crippen LogP contribution in [0.1, 0.15) is 55.3 Å². The van der Waals surface area contributed by atoms with E-state index in [1.165, 1.54) is 0 Å². The van der Waals surface area contributed by atoms with E-state index in [0.717, 1.165) is 21.8 Å². The summed E-state index contributed by atoms with van der Waals surface area (Å²) in [6.07, 6.45) is 3.14. The summed E-state index contributed by atoms with van der Waals surface area (Å²) in [5, 5.41) is 21.9. The first-order chi connectivity index (χ1) is 18.3. The zero-order valence-electron chi connectivity index (χ0n) is 21.4. The lowest BCUT2D eigenvalue weighted by Crippen LogP contribution is -2.38. The summed E-state index contributed by atoms with van der Waals surface area (Å²) in [5.41, 5.74) is 3.30. The highest BCUT2D eigenvalue weighted by molar-refractivity contribution is 7.99. The van der Waals surface area contributed by atoms with E-state index in [9.17, 15) is 14.7 Å². The Labute approximate surface area is 226 Å². The van der Waals surface area contributed by atoms with Crippen molar-refractivity contribution >= 4 is 29.3 Å². The zero-order valence-corrected chi connectivity index (χ0v) is 22.3. The van der Waals surface area contributed by atoms with Gasteiger partial charge < -0.3 is 29.6 Å². The van der Waals surface area contributed by atoms with Gasteiger partial charge in [-0.05, 0) is 29.7 Å². The maximum atomic E-state index is 12.1. The van der Waals surface area contributed by atoms with Crippen LogP contribution in [0.3, 0.4) is 0 Å². The molecule has 3 N–H and O–H groups in total. The highest BCUT2D eigenvalue weighted by Crippen LogP contribution is 2.43. The van der Waals surface area contributed by atoms with Gasteiger partial charge in [0.05, 0.1) is 18.8 Å². The van der Waals surface area contributed by atoms with Gasteiger partial charge in [-0.2, -0.15) is 0 Å². The van der Waals surface area contributed by atoms with Gasteiger partial charge in [0.1, 0.15) is 0 Å². The van der Waals surface area contributed by atoms with Crippen molar-refractivity contribution in [2.75, 3.05) is 11.1 Å². The molecule has 4 rings (SSSR count). The van der Waals surface area contributed by atoms with Gasteiger partial charge in [0.2, 0.25) is 5.91 Å². The second-order valence-corrected chi connectivity index (χ2v) is 10.4. The molecule has 1 fully saturated rings. The van der Waals surface area contributed by atoms with Crippen LogP contribution in [0.25, 0.3) is 0 Å². The van der Waals surface area contributed by atoms with E-state index in [4.69, 9.17) is 14.6 Å². The Kier molecular flexibility index (Phi) is 9.57. The number of aryl methyl sites for hydroxylation is 1. The molecular weight excluding hydrogens is 506 g/mol. The predicted octanol–water partition coefficient (Wildman–Crippen LogP) is 4.69. The van der Waals surface area contributed by atoms with Crippen molar-refractivity contribution in [2.24, 2.45) is 13.0 Å². The number of aliphatic carboxylic acids is 1. The molecule has 0 bridgehead atoms. The minimum absolute atomic E-state index is 0.0154. The topological polar surface area (TPSA) is 123 Å². The monoisotopic (exact) mass is 539 g/mol. The molecule has 0 saturated carbocycles. The number of benzene rings is 2. The number of imidazole rings is 1. The largest absolute Gasteiger partial charge is 0.481 e. The number of aliphatic hydroxyl groups is 1. The first kappa shape index (κ1) is 27.8. The highest BCUT2D eigenvalue weighted by atomic mass is 32.2. The molecule has 10 heteroatoms. The van der Waals surface area contributed by atoms with Crippen LogP contribution in [0.4, 0.5) is 5.69 Å². The smallest absolute Gasteiger partial charge is 0.303 e. The van der Waals surface area contributed by atoms with Crippen molar-refractivity contribution in [3.8, 4) is 0 Å². The first-order valence-corrected chi connectivity index (χ1v) is 13.5. The zero-order chi connectivity index (χ0) is 27.1. The number of carboxylic acids is 1. The number of carboxylic acid groups (broad SMARTS) is 1. The molecule has 38 heavy (non-hydrogen) atoms. The Bertz CT molecular complexity index is 1210. The quantitative estimate of drug-likeness (QED) is 0.300. The van der Waals surface area contributed by atoms with Crippen LogP contribution >= 0.6 is 11.8 Å². The number of aliphatic hydroxyl groups excluding tert-OH is 1. The predicted molar refractivity (Wildman–Crippen MR) is 143 cm³/mol. The summed E-state index contributed by atoms with van der Waals surface area (Å²) < 4.78 is 14.9. The molecule has 0 spiro atoms. The third kappa shape index (κ3) is 7.22. The Hall–Kier alpha value is -3.18. The number of rotatable bonds is 11. The molecule has 1 aromatic heterocycles. The van der Waals surface area contributed by atoms with Gasteiger partial charge in [0.15, 0.2) is 11.4 Å². The number of aromatic nitrogens is 2. The molecular formula is C28H33N3O6S. The fourth-order valence-corrected chi connectivity index (χ4v) is 5.40. The molecule has 0 radical (unpaired) electrons. The number of nitrogens with zero attached hydrogens (tertiary/aromatic N) is 2. The van der Waals surface area contributed by atoms with Gasteiger partial charge in [0, 0.05) is 55.2 Å². The molecule has 0 aliphatic carbocycles. The summed E-state index contributed by atoms with van der Waals surface area (Å²) >= 11 is 1.64.